The average molecular weight is 484 g/mol. The van der Waals surface area contributed by atoms with Crippen LogP contribution >= 0.6 is 0 Å². The van der Waals surface area contributed by atoms with Crippen LogP contribution in [0.15, 0.2) is 0 Å². The molecule has 0 aromatic heterocycles. The summed E-state index contributed by atoms with van der Waals surface area (Å²) in [7, 11) is 5.30. The Hall–Kier alpha value is 0.0600. The highest BCUT2D eigenvalue weighted by Gasteiger charge is 2.49. The van der Waals surface area contributed by atoms with Crippen molar-refractivity contribution in [1.82, 2.24) is 4.90 Å². The maximum absolute atomic E-state index is 12.1. The summed E-state index contributed by atoms with van der Waals surface area (Å²) < 4.78 is 17.7. The van der Waals surface area contributed by atoms with Crippen LogP contribution in [0.5, 0.6) is 0 Å². The first-order chi connectivity index (χ1) is 12.4. The Labute approximate surface area is 191 Å². The van der Waals surface area contributed by atoms with E-state index in [0.29, 0.717) is 6.42 Å². The van der Waals surface area contributed by atoms with Crippen molar-refractivity contribution in [3.8, 4) is 0 Å². The second-order valence-corrected chi connectivity index (χ2v) is 7.37. The zero-order valence-corrected chi connectivity index (χ0v) is 19.7. The fourth-order valence-electron chi connectivity index (χ4n) is 4.09. The predicted molar refractivity (Wildman–Crippen MR) is 92.5 cm³/mol. The standard InChI is InChI=1S/C17H34N4O5.3ClH/c1-20-9-10-5-4-6-14(25-10)26-17-11(19)7-12(24-3)15(16(17)23)21(2)13(22)8-18;;;/h10-12,14-17,20,23H,4-9,18-19H2,1-3H3;3*1H/t10-,11-,12-,14+,15+,16+,17+;;;/m0.../s1. The molecule has 1 aliphatic carbocycles. The molecule has 0 aromatic carbocycles. The Bertz CT molecular complexity index is 467. The summed E-state index contributed by atoms with van der Waals surface area (Å²) in [4.78, 5) is 13.7. The number of amides is 1. The fourth-order valence-corrected chi connectivity index (χ4v) is 4.09. The van der Waals surface area contributed by atoms with Gasteiger partial charge in [0.25, 0.3) is 5.91 Å². The predicted octanol–water partition coefficient (Wildman–Crippen LogP) is -13.1. The van der Waals surface area contributed by atoms with Gasteiger partial charge in [-0.15, -0.1) is 0 Å². The molecule has 1 heterocycles. The fraction of sp³-hybridized carbons (Fsp3) is 0.941. The van der Waals surface area contributed by atoms with Crippen LogP contribution in [-0.4, -0.2) is 93.0 Å². The summed E-state index contributed by atoms with van der Waals surface area (Å²) in [5.74, 6) is -0.134. The Balaban J connectivity index is 0. The number of quaternary nitrogens is 3. The molecule has 1 aliphatic heterocycles. The highest BCUT2D eigenvalue weighted by molar-refractivity contribution is 5.77. The van der Waals surface area contributed by atoms with E-state index in [2.05, 4.69) is 16.8 Å². The van der Waals surface area contributed by atoms with Gasteiger partial charge in [-0.1, -0.05) is 0 Å². The van der Waals surface area contributed by atoms with Gasteiger partial charge in [0.05, 0.1) is 19.2 Å². The number of rotatable bonds is 7. The number of carbonyl (C=O) groups is 1. The largest absolute Gasteiger partial charge is 1.00 e. The number of halogens is 3. The third-order valence-corrected chi connectivity index (χ3v) is 5.54. The minimum atomic E-state index is -0.890. The highest BCUT2D eigenvalue weighted by Crippen LogP contribution is 2.29. The van der Waals surface area contributed by atoms with Crippen molar-refractivity contribution in [1.29, 1.82) is 0 Å². The van der Waals surface area contributed by atoms with Gasteiger partial charge < -0.3 is 78.2 Å². The normalized spacial score (nSPS) is 34.2. The van der Waals surface area contributed by atoms with E-state index in [1.54, 1.807) is 14.2 Å². The number of nitrogens with zero attached hydrogens (tertiary/aromatic N) is 1. The molecule has 29 heavy (non-hydrogen) atoms. The first kappa shape index (κ1) is 31.2. The molecule has 7 atom stereocenters. The highest BCUT2D eigenvalue weighted by atomic mass is 35.5. The van der Waals surface area contributed by atoms with Gasteiger partial charge in [0, 0.05) is 20.6 Å². The molecule has 1 saturated carbocycles. The van der Waals surface area contributed by atoms with E-state index in [4.69, 9.17) is 14.2 Å². The summed E-state index contributed by atoms with van der Waals surface area (Å²) >= 11 is 0. The third kappa shape index (κ3) is 7.92. The lowest BCUT2D eigenvalue weighted by Crippen LogP contribution is -3.00. The van der Waals surface area contributed by atoms with Crippen molar-refractivity contribution in [2.24, 2.45) is 0 Å². The van der Waals surface area contributed by atoms with Crippen LogP contribution in [0.1, 0.15) is 25.7 Å². The van der Waals surface area contributed by atoms with Gasteiger partial charge in [-0.2, -0.15) is 0 Å². The first-order valence-corrected chi connectivity index (χ1v) is 9.60. The molecule has 0 bridgehead atoms. The van der Waals surface area contributed by atoms with Gasteiger partial charge in [-0.25, -0.2) is 0 Å². The van der Waals surface area contributed by atoms with Crippen molar-refractivity contribution in [2.75, 3.05) is 34.3 Å². The molecule has 9 nitrogen and oxygen atoms in total. The SMILES string of the molecule is C[NH2+]C[C@@H]1CCC[C@@H](O[C@H]2[C@H](O)[C@H](N(C)C(=O)C[NH3+])[C@@H](OC)C[C@@H]2[NH3+])O1.[Cl-].[Cl-].[Cl-]. The van der Waals surface area contributed by atoms with E-state index < -0.39 is 18.2 Å². The van der Waals surface area contributed by atoms with Crippen LogP contribution in [0.25, 0.3) is 0 Å². The second-order valence-electron chi connectivity index (χ2n) is 7.37. The Morgan fingerprint density at radius 3 is 2.52 bits per heavy atom. The van der Waals surface area contributed by atoms with Crippen molar-refractivity contribution >= 4 is 5.91 Å². The number of aliphatic hydroxyl groups is 1. The molecule has 1 amide bonds. The lowest BCUT2D eigenvalue weighted by Gasteiger charge is -2.45. The van der Waals surface area contributed by atoms with E-state index in [1.165, 1.54) is 4.90 Å². The summed E-state index contributed by atoms with van der Waals surface area (Å²) in [5.41, 5.74) is 7.82. The number of ether oxygens (including phenoxy) is 3. The van der Waals surface area contributed by atoms with Crippen molar-refractivity contribution < 1.29 is 78.1 Å². The van der Waals surface area contributed by atoms with Gasteiger partial charge in [0.2, 0.25) is 0 Å². The minimum absolute atomic E-state index is 0. The molecule has 12 heteroatoms. The van der Waals surface area contributed by atoms with E-state index in [0.717, 1.165) is 25.8 Å². The molecule has 176 valence electrons. The molecule has 0 unspecified atom stereocenters. The van der Waals surface area contributed by atoms with E-state index >= 15 is 0 Å². The van der Waals surface area contributed by atoms with Gasteiger partial charge >= 0.3 is 0 Å². The van der Waals surface area contributed by atoms with Crippen LogP contribution < -0.4 is 54.0 Å². The zero-order valence-electron chi connectivity index (χ0n) is 17.4. The lowest BCUT2D eigenvalue weighted by molar-refractivity contribution is -0.636. The molecular weight excluding hydrogens is 447 g/mol. The maximum Gasteiger partial charge on any atom is 0.277 e. The summed E-state index contributed by atoms with van der Waals surface area (Å²) in [5, 5.41) is 13.1. The Kier molecular flexibility index (Phi) is 16.1. The minimum Gasteiger partial charge on any atom is -1.00 e. The number of likely N-dealkylation sites (N-methyl/N-ethyl adjacent to an activating group) is 2. The van der Waals surface area contributed by atoms with Gasteiger partial charge in [0.1, 0.15) is 30.9 Å². The van der Waals surface area contributed by atoms with Crippen LogP contribution in [0.3, 0.4) is 0 Å². The molecule has 0 aromatic rings. The van der Waals surface area contributed by atoms with E-state index in [-0.39, 0.29) is 74.2 Å². The summed E-state index contributed by atoms with van der Waals surface area (Å²) in [6, 6.07) is -0.628. The number of hydrogen-bond acceptors (Lipinski definition) is 5. The van der Waals surface area contributed by atoms with Crippen LogP contribution in [0.4, 0.5) is 0 Å². The number of hydrogen-bond donors (Lipinski definition) is 4. The number of methoxy groups -OCH3 is 1. The molecule has 2 aliphatic rings. The number of nitrogens with two attached hydrogens (primary N) is 1. The molecular formula is C17H37Cl3N4O5. The summed E-state index contributed by atoms with van der Waals surface area (Å²) in [6.45, 7) is 1.03. The van der Waals surface area contributed by atoms with Crippen LogP contribution in [0.2, 0.25) is 0 Å². The quantitative estimate of drug-likeness (QED) is 0.285. The second kappa shape index (κ2) is 15.0. The zero-order chi connectivity index (χ0) is 19.3. The molecule has 9 N–H and O–H groups in total. The smallest absolute Gasteiger partial charge is 0.277 e. The number of aliphatic hydroxyl groups excluding tert-OH is 1. The molecule has 0 radical (unpaired) electrons. The summed E-state index contributed by atoms with van der Waals surface area (Å²) in [6.07, 6.45) is 1.63. The van der Waals surface area contributed by atoms with E-state index in [1.807, 2.05) is 7.05 Å². The molecule has 2 fully saturated rings. The van der Waals surface area contributed by atoms with Crippen LogP contribution in [0, 0.1) is 0 Å². The molecule has 0 spiro atoms. The Morgan fingerprint density at radius 1 is 1.31 bits per heavy atom. The third-order valence-electron chi connectivity index (χ3n) is 5.54. The Morgan fingerprint density at radius 2 is 1.97 bits per heavy atom. The van der Waals surface area contributed by atoms with Crippen molar-refractivity contribution in [3.63, 3.8) is 0 Å². The van der Waals surface area contributed by atoms with Crippen molar-refractivity contribution in [2.45, 2.75) is 68.5 Å². The molecule has 2 rings (SSSR count). The molecule has 1 saturated heterocycles. The maximum atomic E-state index is 12.1. The lowest BCUT2D eigenvalue weighted by atomic mass is 9.83. The van der Waals surface area contributed by atoms with Gasteiger partial charge in [-0.3, -0.25) is 4.79 Å². The van der Waals surface area contributed by atoms with E-state index in [9.17, 15) is 9.90 Å². The van der Waals surface area contributed by atoms with Crippen molar-refractivity contribution in [3.05, 3.63) is 0 Å². The van der Waals surface area contributed by atoms with Crippen LogP contribution in [-0.2, 0) is 19.0 Å². The first-order valence-electron chi connectivity index (χ1n) is 9.60. The number of carbonyl (C=O) groups excluding carboxylic acids is 1. The van der Waals surface area contributed by atoms with Gasteiger partial charge in [0.15, 0.2) is 12.8 Å². The monoisotopic (exact) mass is 482 g/mol. The average Bonchev–Trinajstić information content (AvgIpc) is 2.64. The topological polar surface area (TPSA) is 140 Å². The van der Waals surface area contributed by atoms with Gasteiger partial charge in [-0.05, 0) is 19.3 Å².